The molecule has 0 radical (unpaired) electrons. The molecule has 5 rings (SSSR count). The first-order chi connectivity index (χ1) is 15.8. The van der Waals surface area contributed by atoms with Gasteiger partial charge in [0.15, 0.2) is 0 Å². The Morgan fingerprint density at radius 2 is 2.00 bits per heavy atom. The zero-order valence-corrected chi connectivity index (χ0v) is 19.5. The second kappa shape index (κ2) is 8.03. The maximum Gasteiger partial charge on any atom is 0.259 e. The lowest BCUT2D eigenvalue weighted by Crippen LogP contribution is -2.33. The number of halogens is 2. The number of anilines is 1. The van der Waals surface area contributed by atoms with Crippen molar-refractivity contribution in [1.82, 2.24) is 9.47 Å². The SMILES string of the molecule is CC(=O)N1CC2=C(C1=O)[C@H](c1c(F)cccc1Cl)c1cn(CCC(C)C)c3cccc(c13)N2. The summed E-state index contributed by atoms with van der Waals surface area (Å²) in [4.78, 5) is 26.9. The van der Waals surface area contributed by atoms with Gasteiger partial charge in [0.1, 0.15) is 5.82 Å². The van der Waals surface area contributed by atoms with E-state index < -0.39 is 17.6 Å². The molecule has 0 saturated carbocycles. The fourth-order valence-corrected chi connectivity index (χ4v) is 5.22. The molecule has 2 aliphatic rings. The third kappa shape index (κ3) is 3.44. The normalized spacial score (nSPS) is 17.6. The molecule has 0 aliphatic carbocycles. The summed E-state index contributed by atoms with van der Waals surface area (Å²) in [6, 6.07) is 10.5. The lowest BCUT2D eigenvalue weighted by Gasteiger charge is -2.21. The molecular weight excluding hydrogens is 441 g/mol. The van der Waals surface area contributed by atoms with Crippen molar-refractivity contribution in [2.75, 3.05) is 11.9 Å². The molecule has 7 heteroatoms. The molecule has 0 spiro atoms. The average molecular weight is 466 g/mol. The number of benzene rings is 2. The number of carbonyl (C=O) groups is 2. The Morgan fingerprint density at radius 3 is 2.70 bits per heavy atom. The summed E-state index contributed by atoms with van der Waals surface area (Å²) in [5.74, 6) is -1.45. The summed E-state index contributed by atoms with van der Waals surface area (Å²) < 4.78 is 17.5. The molecular formula is C26H25ClFN3O2. The number of rotatable bonds is 4. The molecule has 0 bridgehead atoms. The van der Waals surface area contributed by atoms with Crippen LogP contribution in [0.2, 0.25) is 5.02 Å². The third-order valence-corrected chi connectivity index (χ3v) is 6.88. The molecule has 170 valence electrons. The first kappa shape index (κ1) is 21.7. The van der Waals surface area contributed by atoms with Gasteiger partial charge in [0, 0.05) is 52.9 Å². The standard InChI is InChI=1S/C26H25ClFN3O2/c1-14(2)10-11-30-12-16-22-19(8-5-9-21(22)30)29-20-13-31(15(3)32)26(33)25(20)23(16)24-17(27)6-4-7-18(24)28/h4-9,12,14,23,29H,10-11,13H2,1-3H3/t23-/m0/s1. The Hall–Kier alpha value is -3.12. The Balaban J connectivity index is 1.80. The second-order valence-corrected chi connectivity index (χ2v) is 9.56. The molecule has 1 atom stereocenters. The number of hydrogen-bond acceptors (Lipinski definition) is 3. The van der Waals surface area contributed by atoms with E-state index >= 15 is 4.39 Å². The molecule has 2 amide bonds. The first-order valence-corrected chi connectivity index (χ1v) is 11.5. The van der Waals surface area contributed by atoms with Crippen LogP contribution in [0.15, 0.2) is 53.9 Å². The average Bonchev–Trinajstić information content (AvgIpc) is 3.24. The largest absolute Gasteiger partial charge is 0.356 e. The highest BCUT2D eigenvalue weighted by molar-refractivity contribution is 6.31. The number of imide groups is 1. The van der Waals surface area contributed by atoms with Gasteiger partial charge in [-0.1, -0.05) is 37.6 Å². The predicted molar refractivity (Wildman–Crippen MR) is 128 cm³/mol. The summed E-state index contributed by atoms with van der Waals surface area (Å²) >= 11 is 6.54. The zero-order chi connectivity index (χ0) is 23.4. The molecule has 2 aliphatic heterocycles. The van der Waals surface area contributed by atoms with Gasteiger partial charge >= 0.3 is 0 Å². The van der Waals surface area contributed by atoms with Crippen LogP contribution in [0.1, 0.15) is 44.2 Å². The van der Waals surface area contributed by atoms with Gasteiger partial charge in [0.05, 0.1) is 17.6 Å². The molecule has 0 fully saturated rings. The topological polar surface area (TPSA) is 54.3 Å². The maximum atomic E-state index is 15.3. The van der Waals surface area contributed by atoms with Crippen LogP contribution in [0.25, 0.3) is 10.9 Å². The molecule has 0 unspecified atom stereocenters. The summed E-state index contributed by atoms with van der Waals surface area (Å²) in [7, 11) is 0. The molecule has 2 aromatic carbocycles. The minimum Gasteiger partial charge on any atom is -0.356 e. The molecule has 1 N–H and O–H groups in total. The van der Waals surface area contributed by atoms with Crippen molar-refractivity contribution in [3.05, 3.63) is 75.8 Å². The van der Waals surface area contributed by atoms with Gasteiger partial charge in [-0.3, -0.25) is 14.5 Å². The van der Waals surface area contributed by atoms with Crippen LogP contribution in [-0.4, -0.2) is 27.8 Å². The number of hydrogen-bond donors (Lipinski definition) is 1. The van der Waals surface area contributed by atoms with Gasteiger partial charge in [-0.25, -0.2) is 4.39 Å². The van der Waals surface area contributed by atoms with E-state index in [1.807, 2.05) is 24.4 Å². The Bertz CT molecular complexity index is 1320. The highest BCUT2D eigenvalue weighted by atomic mass is 35.5. The zero-order valence-electron chi connectivity index (χ0n) is 18.8. The smallest absolute Gasteiger partial charge is 0.259 e. The van der Waals surface area contributed by atoms with E-state index in [1.165, 1.54) is 17.9 Å². The van der Waals surface area contributed by atoms with Crippen molar-refractivity contribution >= 4 is 40.0 Å². The predicted octanol–water partition coefficient (Wildman–Crippen LogP) is 5.68. The van der Waals surface area contributed by atoms with Gasteiger partial charge < -0.3 is 9.88 Å². The van der Waals surface area contributed by atoms with E-state index in [1.54, 1.807) is 12.1 Å². The van der Waals surface area contributed by atoms with E-state index in [0.29, 0.717) is 17.2 Å². The quantitative estimate of drug-likeness (QED) is 0.539. The van der Waals surface area contributed by atoms with Crippen molar-refractivity contribution in [2.45, 2.75) is 39.7 Å². The van der Waals surface area contributed by atoms with Crippen molar-refractivity contribution in [2.24, 2.45) is 5.92 Å². The minimum atomic E-state index is -0.732. The molecule has 33 heavy (non-hydrogen) atoms. The van der Waals surface area contributed by atoms with Gasteiger partial charge in [0.25, 0.3) is 5.91 Å². The van der Waals surface area contributed by atoms with E-state index in [0.717, 1.165) is 35.1 Å². The molecule has 1 aromatic heterocycles. The fraction of sp³-hybridized carbons (Fsp3) is 0.308. The third-order valence-electron chi connectivity index (χ3n) is 6.55. The summed E-state index contributed by atoms with van der Waals surface area (Å²) in [5.41, 5.74) is 3.91. The van der Waals surface area contributed by atoms with Crippen molar-refractivity contribution in [3.8, 4) is 0 Å². The highest BCUT2D eigenvalue weighted by Gasteiger charge is 2.43. The Kier molecular flexibility index (Phi) is 5.28. The number of aryl methyl sites for hydroxylation is 1. The number of nitrogens with zero attached hydrogens (tertiary/aromatic N) is 2. The summed E-state index contributed by atoms with van der Waals surface area (Å²) in [5, 5.41) is 4.60. The van der Waals surface area contributed by atoms with Gasteiger partial charge in [-0.05, 0) is 42.2 Å². The number of nitrogens with one attached hydrogen (secondary N) is 1. The van der Waals surface area contributed by atoms with E-state index in [2.05, 4.69) is 23.7 Å². The Morgan fingerprint density at radius 1 is 1.24 bits per heavy atom. The molecule has 5 nitrogen and oxygen atoms in total. The number of carbonyl (C=O) groups excluding carboxylic acids is 2. The monoisotopic (exact) mass is 465 g/mol. The van der Waals surface area contributed by atoms with Gasteiger partial charge in [-0.15, -0.1) is 0 Å². The Labute approximate surface area is 196 Å². The highest BCUT2D eigenvalue weighted by Crippen LogP contribution is 2.48. The maximum absolute atomic E-state index is 15.3. The second-order valence-electron chi connectivity index (χ2n) is 9.16. The fourth-order valence-electron chi connectivity index (χ4n) is 4.94. The number of aromatic nitrogens is 1. The van der Waals surface area contributed by atoms with Crippen LogP contribution in [0, 0.1) is 11.7 Å². The van der Waals surface area contributed by atoms with Crippen molar-refractivity contribution < 1.29 is 14.0 Å². The first-order valence-electron chi connectivity index (χ1n) is 11.2. The summed E-state index contributed by atoms with van der Waals surface area (Å²) in [6.07, 6.45) is 3.00. The minimum absolute atomic E-state index is 0.125. The van der Waals surface area contributed by atoms with Gasteiger partial charge in [-0.2, -0.15) is 0 Å². The van der Waals surface area contributed by atoms with E-state index in [-0.39, 0.29) is 23.0 Å². The number of amides is 2. The van der Waals surface area contributed by atoms with Crippen LogP contribution < -0.4 is 5.32 Å². The van der Waals surface area contributed by atoms with Crippen LogP contribution in [-0.2, 0) is 16.1 Å². The molecule has 3 heterocycles. The van der Waals surface area contributed by atoms with Gasteiger partial charge in [0.2, 0.25) is 5.91 Å². The molecule has 3 aromatic rings. The molecule has 0 saturated heterocycles. The van der Waals surface area contributed by atoms with Crippen LogP contribution in [0.5, 0.6) is 0 Å². The van der Waals surface area contributed by atoms with Crippen LogP contribution in [0.3, 0.4) is 0 Å². The van der Waals surface area contributed by atoms with Crippen molar-refractivity contribution in [3.63, 3.8) is 0 Å². The lowest BCUT2D eigenvalue weighted by atomic mass is 9.84. The van der Waals surface area contributed by atoms with E-state index in [4.69, 9.17) is 11.6 Å². The van der Waals surface area contributed by atoms with E-state index in [9.17, 15) is 9.59 Å². The van der Waals surface area contributed by atoms with Crippen LogP contribution in [0.4, 0.5) is 10.1 Å². The van der Waals surface area contributed by atoms with Crippen molar-refractivity contribution in [1.29, 1.82) is 0 Å². The lowest BCUT2D eigenvalue weighted by molar-refractivity contribution is -0.139. The van der Waals surface area contributed by atoms with Crippen LogP contribution >= 0.6 is 11.6 Å². The summed E-state index contributed by atoms with van der Waals surface area (Å²) in [6.45, 7) is 6.64.